The van der Waals surface area contributed by atoms with Crippen LogP contribution in [0.5, 0.6) is 0 Å². The van der Waals surface area contributed by atoms with Crippen molar-refractivity contribution in [2.75, 3.05) is 37.5 Å². The van der Waals surface area contributed by atoms with Gasteiger partial charge in [0.15, 0.2) is 0 Å². The first-order valence-electron chi connectivity index (χ1n) is 10.8. The summed E-state index contributed by atoms with van der Waals surface area (Å²) < 4.78 is 1.36. The third kappa shape index (κ3) is 5.41. The molecule has 4 rings (SSSR count). The molecule has 0 fully saturated rings. The average Bonchev–Trinajstić information content (AvgIpc) is 2.79. The number of unbranched alkanes of at least 4 members (excludes halogenated alkanes) is 1. The van der Waals surface area contributed by atoms with Crippen molar-refractivity contribution in [2.45, 2.75) is 24.2 Å². The third-order valence-corrected chi connectivity index (χ3v) is 7.57. The molecule has 3 aromatic carbocycles. The summed E-state index contributed by atoms with van der Waals surface area (Å²) in [6, 6.07) is 21.1. The monoisotopic (exact) mass is 557 g/mol. The molecule has 1 aliphatic rings. The number of hydrogen-bond donors (Lipinski definition) is 1. The number of aryl methyl sites for hydroxylation is 1. The van der Waals surface area contributed by atoms with Crippen LogP contribution >= 0.6 is 33.9 Å². The molecule has 166 valence electrons. The molecule has 0 unspecified atom stereocenters. The summed E-state index contributed by atoms with van der Waals surface area (Å²) in [6.45, 7) is 1.01. The van der Waals surface area contributed by atoms with Crippen molar-refractivity contribution in [3.05, 3.63) is 81.7 Å². The SMILES string of the molecule is CN(C)c1ccc2c(c1)=[SH]c1cc(N(C)CCCCc3ccc(C(=O)I)cc3)ccc1N=2. The Balaban J connectivity index is 1.38. The Morgan fingerprint density at radius 3 is 2.41 bits per heavy atom. The lowest BCUT2D eigenvalue weighted by Crippen LogP contribution is -2.18. The fourth-order valence-corrected chi connectivity index (χ4v) is 5.27. The number of halogens is 1. The number of fused-ring (bicyclic) bond motifs is 2. The van der Waals surface area contributed by atoms with Gasteiger partial charge in [0.05, 0.1) is 11.0 Å². The molecule has 0 bridgehead atoms. The normalized spacial score (nSPS) is 11.9. The van der Waals surface area contributed by atoms with Crippen LogP contribution in [0.15, 0.2) is 70.6 Å². The van der Waals surface area contributed by atoms with E-state index in [1.165, 1.54) is 37.7 Å². The summed E-state index contributed by atoms with van der Waals surface area (Å²) in [5, 5.41) is 1.07. The lowest BCUT2D eigenvalue weighted by Gasteiger charge is -2.21. The molecule has 0 radical (unpaired) electrons. The van der Waals surface area contributed by atoms with Crippen LogP contribution < -0.4 is 15.2 Å². The summed E-state index contributed by atoms with van der Waals surface area (Å²) in [5.74, 6) is 0. The number of carbonyl (C=O) groups is 1. The highest BCUT2D eigenvalue weighted by Gasteiger charge is 2.09. The van der Waals surface area contributed by atoms with Crippen LogP contribution in [-0.4, -0.2) is 31.5 Å². The minimum atomic E-state index is 0.0923. The molecule has 0 spiro atoms. The van der Waals surface area contributed by atoms with E-state index < -0.39 is 0 Å². The van der Waals surface area contributed by atoms with E-state index in [1.54, 1.807) is 0 Å². The van der Waals surface area contributed by atoms with E-state index >= 15 is 0 Å². The second kappa shape index (κ2) is 10.2. The van der Waals surface area contributed by atoms with Gasteiger partial charge in [-0.1, -0.05) is 24.3 Å². The van der Waals surface area contributed by atoms with E-state index in [9.17, 15) is 4.79 Å². The first-order chi connectivity index (χ1) is 15.4. The fraction of sp³-hybridized carbons (Fsp3) is 0.269. The number of hydrogen-bond acceptors (Lipinski definition) is 4. The molecule has 1 heterocycles. The molecule has 1 aliphatic heterocycles. The largest absolute Gasteiger partial charge is 0.378 e. The molecule has 0 saturated carbocycles. The van der Waals surface area contributed by atoms with Crippen LogP contribution in [0.2, 0.25) is 0 Å². The lowest BCUT2D eigenvalue weighted by atomic mass is 10.1. The van der Waals surface area contributed by atoms with Crippen molar-refractivity contribution in [2.24, 2.45) is 4.99 Å². The van der Waals surface area contributed by atoms with Crippen molar-refractivity contribution in [3.63, 3.8) is 0 Å². The van der Waals surface area contributed by atoms with Gasteiger partial charge in [0, 0.05) is 76.6 Å². The van der Waals surface area contributed by atoms with Crippen molar-refractivity contribution in [3.8, 4) is 0 Å². The van der Waals surface area contributed by atoms with Crippen molar-refractivity contribution in [1.29, 1.82) is 0 Å². The van der Waals surface area contributed by atoms with Gasteiger partial charge in [-0.3, -0.25) is 4.79 Å². The molecule has 3 aromatic rings. The maximum Gasteiger partial charge on any atom is 0.222 e. The minimum Gasteiger partial charge on any atom is -0.378 e. The number of benzene rings is 3. The van der Waals surface area contributed by atoms with Gasteiger partial charge in [0.1, 0.15) is 0 Å². The predicted molar refractivity (Wildman–Crippen MR) is 145 cm³/mol. The first-order valence-corrected chi connectivity index (χ1v) is 12.8. The van der Waals surface area contributed by atoms with Crippen LogP contribution in [-0.2, 0) is 6.42 Å². The Morgan fingerprint density at radius 1 is 0.938 bits per heavy atom. The summed E-state index contributed by atoms with van der Waals surface area (Å²) >= 11 is 3.05. The Hall–Kier alpha value is -2.19. The number of nitrogens with zero attached hydrogens (tertiary/aromatic N) is 3. The zero-order valence-corrected chi connectivity index (χ0v) is 21.7. The Morgan fingerprint density at radius 2 is 1.69 bits per heavy atom. The van der Waals surface area contributed by atoms with Gasteiger partial charge in [-0.05, 0) is 61.2 Å². The first kappa shape index (κ1) is 23.0. The molecule has 0 atom stereocenters. The topological polar surface area (TPSA) is 35.9 Å². The average molecular weight is 558 g/mol. The van der Waals surface area contributed by atoms with Crippen LogP contribution in [0.1, 0.15) is 28.8 Å². The molecule has 32 heavy (non-hydrogen) atoms. The summed E-state index contributed by atoms with van der Waals surface area (Å²) in [6.07, 6.45) is 3.29. The van der Waals surface area contributed by atoms with E-state index in [1.807, 2.05) is 34.7 Å². The van der Waals surface area contributed by atoms with Gasteiger partial charge in [0.2, 0.25) is 3.79 Å². The molecule has 0 N–H and O–H groups in total. The number of anilines is 2. The van der Waals surface area contributed by atoms with Gasteiger partial charge in [0.25, 0.3) is 0 Å². The van der Waals surface area contributed by atoms with Gasteiger partial charge < -0.3 is 9.80 Å². The lowest BCUT2D eigenvalue weighted by molar-refractivity contribution is 0.110. The molecule has 0 aromatic heterocycles. The zero-order valence-electron chi connectivity index (χ0n) is 18.7. The molecule has 0 amide bonds. The summed E-state index contributed by atoms with van der Waals surface area (Å²) in [5.41, 5.74) is 5.58. The molecule has 0 saturated heterocycles. The van der Waals surface area contributed by atoms with Crippen LogP contribution in [0.3, 0.4) is 0 Å². The van der Waals surface area contributed by atoms with Gasteiger partial charge in [-0.2, -0.15) is 11.4 Å². The molecular formula is C26H28IN3OS. The number of rotatable bonds is 8. The third-order valence-electron chi connectivity index (χ3n) is 5.75. The van der Waals surface area contributed by atoms with Crippen LogP contribution in [0.25, 0.3) is 0 Å². The van der Waals surface area contributed by atoms with Gasteiger partial charge >= 0.3 is 0 Å². The van der Waals surface area contributed by atoms with E-state index in [-0.39, 0.29) is 3.79 Å². The summed E-state index contributed by atoms with van der Waals surface area (Å²) in [4.78, 5) is 22.0. The minimum absolute atomic E-state index is 0.0923. The molecular weight excluding hydrogens is 529 g/mol. The molecule has 6 heteroatoms. The van der Waals surface area contributed by atoms with E-state index in [0.29, 0.717) is 0 Å². The summed E-state index contributed by atoms with van der Waals surface area (Å²) in [7, 11) is 6.30. The standard InChI is InChI=1S/C26H28IN3OS/c1-29(2)20-11-13-22-24(16-20)32-25-17-21(12-14-23(25)28-22)30(3)15-5-4-6-18-7-9-19(10-8-18)26(27)31/h7-14,16-17,32H,4-6,15H2,1-3H3. The number of thiol groups is 1. The fourth-order valence-electron chi connectivity index (χ4n) is 3.78. The number of carbonyl (C=O) groups excluding carboxylic acids is 1. The van der Waals surface area contributed by atoms with Crippen molar-refractivity contribution in [1.82, 2.24) is 0 Å². The van der Waals surface area contributed by atoms with E-state index in [2.05, 4.69) is 79.5 Å². The molecule has 4 nitrogen and oxygen atoms in total. The Kier molecular flexibility index (Phi) is 7.30. The van der Waals surface area contributed by atoms with Crippen LogP contribution in [0.4, 0.5) is 17.1 Å². The second-order valence-corrected chi connectivity index (χ2v) is 10.5. The van der Waals surface area contributed by atoms with Crippen LogP contribution in [0, 0.1) is 4.51 Å². The predicted octanol–water partition coefficient (Wildman–Crippen LogP) is 5.83. The van der Waals surface area contributed by atoms with Gasteiger partial charge in [-0.25, -0.2) is 4.99 Å². The maximum atomic E-state index is 11.4. The second-order valence-electron chi connectivity index (χ2n) is 8.31. The van der Waals surface area contributed by atoms with E-state index in [4.69, 9.17) is 4.99 Å². The highest BCUT2D eigenvalue weighted by Crippen LogP contribution is 2.33. The Labute approximate surface area is 207 Å². The van der Waals surface area contributed by atoms with Crippen molar-refractivity contribution < 1.29 is 4.79 Å². The smallest absolute Gasteiger partial charge is 0.222 e. The maximum absolute atomic E-state index is 11.4. The highest BCUT2D eigenvalue weighted by atomic mass is 127. The quantitative estimate of drug-likeness (QED) is 0.0975. The van der Waals surface area contributed by atoms with Gasteiger partial charge in [-0.15, -0.1) is 0 Å². The molecule has 0 aliphatic carbocycles. The van der Waals surface area contributed by atoms with E-state index in [0.717, 1.165) is 42.4 Å². The highest BCUT2D eigenvalue weighted by molar-refractivity contribution is 14.1. The van der Waals surface area contributed by atoms with Crippen molar-refractivity contribution >= 4 is 54.8 Å². The zero-order chi connectivity index (χ0) is 22.7. The Bertz CT molecular complexity index is 1260.